The van der Waals surface area contributed by atoms with E-state index in [2.05, 4.69) is 10.3 Å². The van der Waals surface area contributed by atoms with Gasteiger partial charge in [0.25, 0.3) is 0 Å². The molecule has 0 atom stereocenters. The van der Waals surface area contributed by atoms with E-state index < -0.39 is 5.82 Å². The SMILES string of the molecule is COc1ccc(-c2cnc(CCC(=O)Nc3ccc(F)c(C#N)c3)o2)cc1. The highest BCUT2D eigenvalue weighted by atomic mass is 19.1. The van der Waals surface area contributed by atoms with Gasteiger partial charge in [-0.25, -0.2) is 9.37 Å². The lowest BCUT2D eigenvalue weighted by Crippen LogP contribution is -2.12. The van der Waals surface area contributed by atoms with Gasteiger partial charge in [-0.1, -0.05) is 0 Å². The number of aryl methyl sites for hydroxylation is 1. The Morgan fingerprint density at radius 2 is 2.07 bits per heavy atom. The van der Waals surface area contributed by atoms with Crippen molar-refractivity contribution in [2.24, 2.45) is 0 Å². The zero-order valence-electron chi connectivity index (χ0n) is 14.5. The van der Waals surface area contributed by atoms with Crippen LogP contribution in [0.25, 0.3) is 11.3 Å². The summed E-state index contributed by atoms with van der Waals surface area (Å²) < 4.78 is 24.1. The number of benzene rings is 2. The van der Waals surface area contributed by atoms with Crippen molar-refractivity contribution in [1.82, 2.24) is 4.98 Å². The van der Waals surface area contributed by atoms with Crippen molar-refractivity contribution >= 4 is 11.6 Å². The van der Waals surface area contributed by atoms with Crippen molar-refractivity contribution < 1.29 is 18.3 Å². The van der Waals surface area contributed by atoms with Crippen LogP contribution >= 0.6 is 0 Å². The Morgan fingerprint density at radius 3 is 2.78 bits per heavy atom. The first kappa shape index (κ1) is 18.1. The third-order valence-electron chi connectivity index (χ3n) is 3.86. The van der Waals surface area contributed by atoms with Crippen molar-refractivity contribution in [3.05, 3.63) is 65.9 Å². The predicted molar refractivity (Wildman–Crippen MR) is 96.6 cm³/mol. The molecule has 3 rings (SSSR count). The first-order valence-corrected chi connectivity index (χ1v) is 8.17. The lowest BCUT2D eigenvalue weighted by molar-refractivity contribution is -0.116. The van der Waals surface area contributed by atoms with Crippen LogP contribution in [-0.2, 0) is 11.2 Å². The second-order valence-electron chi connectivity index (χ2n) is 5.70. The Kier molecular flexibility index (Phi) is 5.47. The summed E-state index contributed by atoms with van der Waals surface area (Å²) in [6.45, 7) is 0. The molecule has 0 fully saturated rings. The van der Waals surface area contributed by atoms with Gasteiger partial charge in [0.05, 0.1) is 18.9 Å². The molecule has 1 amide bonds. The van der Waals surface area contributed by atoms with Gasteiger partial charge in [-0.3, -0.25) is 4.79 Å². The number of amides is 1. The summed E-state index contributed by atoms with van der Waals surface area (Å²) in [5.41, 5.74) is 1.10. The van der Waals surface area contributed by atoms with Gasteiger partial charge in [-0.05, 0) is 42.5 Å². The number of oxazole rings is 1. The minimum atomic E-state index is -0.624. The minimum absolute atomic E-state index is 0.121. The Labute approximate surface area is 155 Å². The van der Waals surface area contributed by atoms with E-state index in [1.807, 2.05) is 24.3 Å². The number of methoxy groups -OCH3 is 1. The molecule has 0 unspecified atom stereocenters. The number of hydrogen-bond donors (Lipinski definition) is 1. The number of nitriles is 1. The van der Waals surface area contributed by atoms with Crippen molar-refractivity contribution in [2.45, 2.75) is 12.8 Å². The van der Waals surface area contributed by atoms with E-state index in [9.17, 15) is 9.18 Å². The Bertz CT molecular complexity index is 990. The molecule has 2 aromatic carbocycles. The lowest BCUT2D eigenvalue weighted by Gasteiger charge is -2.05. The van der Waals surface area contributed by atoms with Gasteiger partial charge in [-0.15, -0.1) is 0 Å². The largest absolute Gasteiger partial charge is 0.497 e. The van der Waals surface area contributed by atoms with Crippen LogP contribution in [0.3, 0.4) is 0 Å². The maximum atomic E-state index is 13.3. The molecule has 1 heterocycles. The van der Waals surface area contributed by atoms with E-state index in [-0.39, 0.29) is 17.9 Å². The Morgan fingerprint density at radius 1 is 1.30 bits per heavy atom. The molecule has 0 saturated heterocycles. The molecule has 1 N–H and O–H groups in total. The molecule has 0 aliphatic rings. The van der Waals surface area contributed by atoms with Gasteiger partial charge >= 0.3 is 0 Å². The fourth-order valence-corrected chi connectivity index (χ4v) is 2.45. The molecule has 0 radical (unpaired) electrons. The first-order valence-electron chi connectivity index (χ1n) is 8.17. The predicted octanol–water partition coefficient (Wildman–Crippen LogP) is 3.93. The monoisotopic (exact) mass is 365 g/mol. The van der Waals surface area contributed by atoms with Gasteiger partial charge in [0.2, 0.25) is 5.91 Å². The molecule has 1 aromatic heterocycles. The number of ether oxygens (including phenoxy) is 1. The summed E-state index contributed by atoms with van der Waals surface area (Å²) in [6, 6.07) is 12.9. The molecule has 7 heteroatoms. The van der Waals surface area contributed by atoms with Gasteiger partial charge < -0.3 is 14.5 Å². The normalized spacial score (nSPS) is 10.3. The van der Waals surface area contributed by atoms with E-state index in [4.69, 9.17) is 14.4 Å². The average molecular weight is 365 g/mol. The molecule has 0 spiro atoms. The number of halogens is 1. The van der Waals surface area contributed by atoms with Crippen LogP contribution in [0.2, 0.25) is 0 Å². The smallest absolute Gasteiger partial charge is 0.224 e. The number of nitrogens with one attached hydrogen (secondary N) is 1. The van der Waals surface area contributed by atoms with E-state index in [1.54, 1.807) is 19.4 Å². The number of carbonyl (C=O) groups is 1. The molecular formula is C20H16FN3O3. The minimum Gasteiger partial charge on any atom is -0.497 e. The van der Waals surface area contributed by atoms with E-state index in [0.29, 0.717) is 23.8 Å². The summed E-state index contributed by atoms with van der Waals surface area (Å²) in [5, 5.41) is 11.4. The van der Waals surface area contributed by atoms with Gasteiger partial charge in [0.1, 0.15) is 17.6 Å². The number of hydrogen-bond acceptors (Lipinski definition) is 5. The summed E-state index contributed by atoms with van der Waals surface area (Å²) in [7, 11) is 1.60. The standard InChI is InChI=1S/C20H16FN3O3/c1-26-16-5-2-13(3-6-16)18-12-23-20(27-18)9-8-19(25)24-15-4-7-17(21)14(10-15)11-22/h2-7,10,12H,8-9H2,1H3,(H,24,25). The van der Waals surface area contributed by atoms with E-state index >= 15 is 0 Å². The fourth-order valence-electron chi connectivity index (χ4n) is 2.45. The first-order chi connectivity index (χ1) is 13.1. The zero-order valence-corrected chi connectivity index (χ0v) is 14.5. The molecule has 0 bridgehead atoms. The van der Waals surface area contributed by atoms with Crippen molar-refractivity contribution in [3.63, 3.8) is 0 Å². The van der Waals surface area contributed by atoms with Crippen LogP contribution in [0.15, 0.2) is 53.1 Å². The third kappa shape index (κ3) is 4.50. The average Bonchev–Trinajstić information content (AvgIpc) is 3.17. The number of anilines is 1. The maximum absolute atomic E-state index is 13.3. The van der Waals surface area contributed by atoms with Crippen LogP contribution in [-0.4, -0.2) is 18.0 Å². The summed E-state index contributed by atoms with van der Waals surface area (Å²) in [4.78, 5) is 16.2. The molecule has 136 valence electrons. The van der Waals surface area contributed by atoms with Crippen molar-refractivity contribution in [1.29, 1.82) is 5.26 Å². The van der Waals surface area contributed by atoms with E-state index in [0.717, 1.165) is 17.4 Å². The quantitative estimate of drug-likeness (QED) is 0.715. The van der Waals surface area contributed by atoms with Crippen LogP contribution in [0, 0.1) is 17.1 Å². The Hall–Kier alpha value is -3.66. The van der Waals surface area contributed by atoms with Crippen molar-refractivity contribution in [2.75, 3.05) is 12.4 Å². The molecule has 3 aromatic rings. The second-order valence-corrected chi connectivity index (χ2v) is 5.70. The second kappa shape index (κ2) is 8.15. The van der Waals surface area contributed by atoms with Crippen LogP contribution in [0.4, 0.5) is 10.1 Å². The maximum Gasteiger partial charge on any atom is 0.224 e. The summed E-state index contributed by atoms with van der Waals surface area (Å²) in [6.07, 6.45) is 2.06. The zero-order chi connectivity index (χ0) is 19.2. The molecular weight excluding hydrogens is 349 g/mol. The van der Waals surface area contributed by atoms with E-state index in [1.165, 1.54) is 12.1 Å². The van der Waals surface area contributed by atoms with Crippen molar-refractivity contribution in [3.8, 4) is 23.1 Å². The van der Waals surface area contributed by atoms with Crippen LogP contribution in [0.5, 0.6) is 5.75 Å². The number of nitrogens with zero attached hydrogens (tertiary/aromatic N) is 2. The molecule has 0 saturated carbocycles. The van der Waals surface area contributed by atoms with Crippen LogP contribution < -0.4 is 10.1 Å². The number of aromatic nitrogens is 1. The molecule has 27 heavy (non-hydrogen) atoms. The molecule has 6 nitrogen and oxygen atoms in total. The Balaban J connectivity index is 1.58. The third-order valence-corrected chi connectivity index (χ3v) is 3.86. The number of carbonyl (C=O) groups excluding carboxylic acids is 1. The topological polar surface area (TPSA) is 88.1 Å². The summed E-state index contributed by atoms with van der Waals surface area (Å²) in [5.74, 6) is 0.879. The molecule has 0 aliphatic carbocycles. The summed E-state index contributed by atoms with van der Waals surface area (Å²) >= 11 is 0. The van der Waals surface area contributed by atoms with Crippen LogP contribution in [0.1, 0.15) is 17.9 Å². The molecule has 0 aliphatic heterocycles. The van der Waals surface area contributed by atoms with Gasteiger partial charge in [0.15, 0.2) is 11.7 Å². The van der Waals surface area contributed by atoms with Gasteiger partial charge in [-0.2, -0.15) is 5.26 Å². The lowest BCUT2D eigenvalue weighted by atomic mass is 10.2. The highest BCUT2D eigenvalue weighted by Gasteiger charge is 2.10. The fraction of sp³-hybridized carbons (Fsp3) is 0.150. The van der Waals surface area contributed by atoms with Gasteiger partial charge in [0, 0.05) is 24.1 Å². The highest BCUT2D eigenvalue weighted by molar-refractivity contribution is 5.90. The highest BCUT2D eigenvalue weighted by Crippen LogP contribution is 2.23. The number of rotatable bonds is 6.